The largest absolute Gasteiger partial charge is 0.393 e. The standard InChI is InChI=1S/C14H12ClN3O3/c1-8-2-4-10(15)7-12(8)17-14(19)9-3-5-11(16)13(6-9)18(20)21/h2-7H,16H2,1H3,(H,17,19). The average Bonchev–Trinajstić information content (AvgIpc) is 2.43. The summed E-state index contributed by atoms with van der Waals surface area (Å²) in [5, 5.41) is 14.0. The molecule has 0 aromatic heterocycles. The van der Waals surface area contributed by atoms with Gasteiger partial charge in [-0.25, -0.2) is 0 Å². The highest BCUT2D eigenvalue weighted by molar-refractivity contribution is 6.31. The fourth-order valence-electron chi connectivity index (χ4n) is 1.77. The van der Waals surface area contributed by atoms with Gasteiger partial charge in [0.05, 0.1) is 4.92 Å². The normalized spacial score (nSPS) is 10.2. The highest BCUT2D eigenvalue weighted by atomic mass is 35.5. The summed E-state index contributed by atoms with van der Waals surface area (Å²) in [6, 6.07) is 8.99. The van der Waals surface area contributed by atoms with E-state index in [4.69, 9.17) is 17.3 Å². The number of nitrogen functional groups attached to an aromatic ring is 1. The van der Waals surface area contributed by atoms with Crippen LogP contribution in [0, 0.1) is 17.0 Å². The van der Waals surface area contributed by atoms with Crippen molar-refractivity contribution in [3.05, 3.63) is 62.7 Å². The summed E-state index contributed by atoms with van der Waals surface area (Å²) in [6.45, 7) is 1.82. The Bertz CT molecular complexity index is 731. The minimum Gasteiger partial charge on any atom is -0.393 e. The second kappa shape index (κ2) is 5.80. The number of nitrogens with zero attached hydrogens (tertiary/aromatic N) is 1. The van der Waals surface area contributed by atoms with Crippen LogP contribution >= 0.6 is 11.6 Å². The van der Waals surface area contributed by atoms with Crippen molar-refractivity contribution in [1.29, 1.82) is 0 Å². The monoisotopic (exact) mass is 305 g/mol. The van der Waals surface area contributed by atoms with Crippen molar-refractivity contribution < 1.29 is 9.72 Å². The Morgan fingerprint density at radius 1 is 1.29 bits per heavy atom. The first-order chi connectivity index (χ1) is 9.88. The van der Waals surface area contributed by atoms with Crippen LogP contribution in [0.5, 0.6) is 0 Å². The third kappa shape index (κ3) is 3.29. The molecule has 0 aliphatic carbocycles. The fourth-order valence-corrected chi connectivity index (χ4v) is 1.94. The number of carbonyl (C=O) groups excluding carboxylic acids is 1. The fraction of sp³-hybridized carbons (Fsp3) is 0.0714. The summed E-state index contributed by atoms with van der Waals surface area (Å²) in [4.78, 5) is 22.3. The smallest absolute Gasteiger partial charge is 0.292 e. The van der Waals surface area contributed by atoms with Crippen LogP contribution in [0.4, 0.5) is 17.1 Å². The Labute approximate surface area is 125 Å². The SMILES string of the molecule is Cc1ccc(Cl)cc1NC(=O)c1ccc(N)c([N+](=O)[O-])c1. The number of benzene rings is 2. The number of nitrogens with one attached hydrogen (secondary N) is 1. The molecule has 0 heterocycles. The van der Waals surface area contributed by atoms with Gasteiger partial charge in [-0.1, -0.05) is 17.7 Å². The van der Waals surface area contributed by atoms with E-state index in [2.05, 4.69) is 5.32 Å². The molecular weight excluding hydrogens is 294 g/mol. The molecular formula is C14H12ClN3O3. The number of aryl methyl sites for hydroxylation is 1. The van der Waals surface area contributed by atoms with E-state index in [1.54, 1.807) is 18.2 Å². The first-order valence-electron chi connectivity index (χ1n) is 6.00. The van der Waals surface area contributed by atoms with E-state index in [9.17, 15) is 14.9 Å². The van der Waals surface area contributed by atoms with E-state index in [-0.39, 0.29) is 16.9 Å². The number of rotatable bonds is 3. The molecule has 0 fully saturated rings. The number of carbonyl (C=O) groups is 1. The molecule has 0 spiro atoms. The Balaban J connectivity index is 2.30. The molecule has 6 nitrogen and oxygen atoms in total. The summed E-state index contributed by atoms with van der Waals surface area (Å²) >= 11 is 5.88. The van der Waals surface area contributed by atoms with Crippen LogP contribution in [0.25, 0.3) is 0 Å². The van der Waals surface area contributed by atoms with Gasteiger partial charge in [0.25, 0.3) is 11.6 Å². The summed E-state index contributed by atoms with van der Waals surface area (Å²) in [6.07, 6.45) is 0. The zero-order valence-corrected chi connectivity index (χ0v) is 11.8. The topological polar surface area (TPSA) is 98.3 Å². The minimum atomic E-state index is -0.628. The van der Waals surface area contributed by atoms with E-state index in [1.807, 2.05) is 6.92 Å². The number of nitro benzene ring substituents is 1. The first kappa shape index (κ1) is 14.8. The van der Waals surface area contributed by atoms with Gasteiger partial charge in [-0.3, -0.25) is 14.9 Å². The Kier molecular flexibility index (Phi) is 4.09. The van der Waals surface area contributed by atoms with Gasteiger partial charge in [0, 0.05) is 22.3 Å². The Morgan fingerprint density at radius 3 is 2.67 bits per heavy atom. The molecule has 2 rings (SSSR count). The highest BCUT2D eigenvalue weighted by Crippen LogP contribution is 2.24. The second-order valence-corrected chi connectivity index (χ2v) is 4.88. The zero-order valence-electron chi connectivity index (χ0n) is 11.1. The molecule has 0 radical (unpaired) electrons. The van der Waals surface area contributed by atoms with Gasteiger partial charge in [-0.2, -0.15) is 0 Å². The van der Waals surface area contributed by atoms with E-state index >= 15 is 0 Å². The number of nitro groups is 1. The summed E-state index contributed by atoms with van der Waals surface area (Å²) < 4.78 is 0. The molecule has 0 unspecified atom stereocenters. The average molecular weight is 306 g/mol. The number of nitrogens with two attached hydrogens (primary N) is 1. The molecule has 21 heavy (non-hydrogen) atoms. The summed E-state index contributed by atoms with van der Waals surface area (Å²) in [5.74, 6) is -0.469. The third-order valence-electron chi connectivity index (χ3n) is 2.94. The molecule has 0 saturated heterocycles. The molecule has 0 atom stereocenters. The molecule has 2 aromatic rings. The van der Waals surface area contributed by atoms with E-state index in [0.717, 1.165) is 11.6 Å². The van der Waals surface area contributed by atoms with Crippen molar-refractivity contribution in [1.82, 2.24) is 0 Å². The quantitative estimate of drug-likeness (QED) is 0.516. The van der Waals surface area contributed by atoms with Gasteiger partial charge < -0.3 is 11.1 Å². The predicted octanol–water partition coefficient (Wildman–Crippen LogP) is 3.39. The molecule has 0 aliphatic rings. The maximum atomic E-state index is 12.1. The van der Waals surface area contributed by atoms with E-state index in [1.165, 1.54) is 12.1 Å². The molecule has 108 valence electrons. The van der Waals surface area contributed by atoms with Crippen molar-refractivity contribution in [2.24, 2.45) is 0 Å². The van der Waals surface area contributed by atoms with Crippen molar-refractivity contribution in [3.8, 4) is 0 Å². The van der Waals surface area contributed by atoms with Crippen molar-refractivity contribution in [3.63, 3.8) is 0 Å². The van der Waals surface area contributed by atoms with Crippen LogP contribution in [-0.4, -0.2) is 10.8 Å². The number of anilines is 2. The number of hydrogen-bond donors (Lipinski definition) is 2. The lowest BCUT2D eigenvalue weighted by Crippen LogP contribution is -2.13. The summed E-state index contributed by atoms with van der Waals surface area (Å²) in [7, 11) is 0. The molecule has 1 amide bonds. The van der Waals surface area contributed by atoms with Crippen LogP contribution in [0.3, 0.4) is 0 Å². The van der Waals surface area contributed by atoms with E-state index < -0.39 is 10.8 Å². The minimum absolute atomic E-state index is 0.00971. The Hall–Kier alpha value is -2.60. The second-order valence-electron chi connectivity index (χ2n) is 4.44. The predicted molar refractivity (Wildman–Crippen MR) is 81.7 cm³/mol. The molecule has 3 N–H and O–H groups in total. The zero-order chi connectivity index (χ0) is 15.6. The molecule has 7 heteroatoms. The van der Waals surface area contributed by atoms with Crippen LogP contribution < -0.4 is 11.1 Å². The number of halogens is 1. The van der Waals surface area contributed by atoms with Gasteiger partial charge in [0.2, 0.25) is 0 Å². The number of amides is 1. The summed E-state index contributed by atoms with van der Waals surface area (Å²) in [5.41, 5.74) is 6.73. The molecule has 0 bridgehead atoms. The third-order valence-corrected chi connectivity index (χ3v) is 3.17. The van der Waals surface area contributed by atoms with Gasteiger partial charge in [0.15, 0.2) is 0 Å². The van der Waals surface area contributed by atoms with E-state index in [0.29, 0.717) is 10.7 Å². The molecule has 0 saturated carbocycles. The molecule has 2 aromatic carbocycles. The van der Waals surface area contributed by atoms with Crippen molar-refractivity contribution in [2.75, 3.05) is 11.1 Å². The van der Waals surface area contributed by atoms with Crippen LogP contribution in [0.1, 0.15) is 15.9 Å². The lowest BCUT2D eigenvalue weighted by atomic mass is 10.1. The van der Waals surface area contributed by atoms with Gasteiger partial charge in [-0.15, -0.1) is 0 Å². The van der Waals surface area contributed by atoms with Crippen molar-refractivity contribution in [2.45, 2.75) is 6.92 Å². The molecule has 0 aliphatic heterocycles. The van der Waals surface area contributed by atoms with Crippen LogP contribution in [0.2, 0.25) is 5.02 Å². The Morgan fingerprint density at radius 2 is 2.00 bits per heavy atom. The van der Waals surface area contributed by atoms with Gasteiger partial charge in [0.1, 0.15) is 5.69 Å². The lowest BCUT2D eigenvalue weighted by Gasteiger charge is -2.09. The first-order valence-corrected chi connectivity index (χ1v) is 6.37. The lowest BCUT2D eigenvalue weighted by molar-refractivity contribution is -0.383. The van der Waals surface area contributed by atoms with Crippen molar-refractivity contribution >= 4 is 34.6 Å². The van der Waals surface area contributed by atoms with Crippen LogP contribution in [0.15, 0.2) is 36.4 Å². The highest BCUT2D eigenvalue weighted by Gasteiger charge is 2.16. The number of hydrogen-bond acceptors (Lipinski definition) is 4. The van der Waals surface area contributed by atoms with Crippen LogP contribution in [-0.2, 0) is 0 Å². The maximum Gasteiger partial charge on any atom is 0.292 e. The maximum absolute atomic E-state index is 12.1. The van der Waals surface area contributed by atoms with Gasteiger partial charge >= 0.3 is 0 Å². The van der Waals surface area contributed by atoms with Gasteiger partial charge in [-0.05, 0) is 36.8 Å².